The van der Waals surface area contributed by atoms with E-state index in [1.165, 1.54) is 17.0 Å². The van der Waals surface area contributed by atoms with E-state index in [0.29, 0.717) is 11.8 Å². The lowest BCUT2D eigenvalue weighted by molar-refractivity contribution is -0.116. The molecule has 0 spiro atoms. The van der Waals surface area contributed by atoms with Crippen LogP contribution in [0.1, 0.15) is 57.5 Å². The van der Waals surface area contributed by atoms with Crippen LogP contribution in [0.3, 0.4) is 0 Å². The van der Waals surface area contributed by atoms with Gasteiger partial charge in [-0.15, -0.1) is 11.3 Å². The van der Waals surface area contributed by atoms with E-state index in [2.05, 4.69) is 31.1 Å². The van der Waals surface area contributed by atoms with Crippen molar-refractivity contribution in [2.45, 2.75) is 59.8 Å². The van der Waals surface area contributed by atoms with Gasteiger partial charge in [-0.25, -0.2) is 4.98 Å². The molecule has 106 valence electrons. The number of aromatic nitrogens is 1. The van der Waals surface area contributed by atoms with Gasteiger partial charge in [0, 0.05) is 11.3 Å². The van der Waals surface area contributed by atoms with Crippen LogP contribution in [0.5, 0.6) is 0 Å². The second kappa shape index (κ2) is 5.61. The van der Waals surface area contributed by atoms with Crippen LogP contribution < -0.4 is 5.32 Å². The molecule has 0 fully saturated rings. The number of aryl methyl sites for hydroxylation is 1. The Morgan fingerprint density at radius 1 is 1.47 bits per heavy atom. The SMILES string of the molecule is CCCC(=O)Nc1nc2c(s1)C[C@@H](C(C)(C)C)CC2. The van der Waals surface area contributed by atoms with E-state index in [0.717, 1.165) is 30.3 Å². The molecule has 0 saturated carbocycles. The maximum atomic E-state index is 11.6. The third-order valence-electron chi connectivity index (χ3n) is 3.89. The zero-order valence-corrected chi connectivity index (χ0v) is 13.2. The van der Waals surface area contributed by atoms with Crippen LogP contribution in [0.25, 0.3) is 0 Å². The Morgan fingerprint density at radius 2 is 2.21 bits per heavy atom. The van der Waals surface area contributed by atoms with Crippen molar-refractivity contribution in [1.29, 1.82) is 0 Å². The molecule has 0 saturated heterocycles. The van der Waals surface area contributed by atoms with Crippen LogP contribution in [-0.2, 0) is 17.6 Å². The number of fused-ring (bicyclic) bond motifs is 1. The third-order valence-corrected chi connectivity index (χ3v) is 4.92. The smallest absolute Gasteiger partial charge is 0.226 e. The molecule has 0 bridgehead atoms. The Kier molecular flexibility index (Phi) is 4.29. The molecule has 1 aliphatic rings. The van der Waals surface area contributed by atoms with Crippen LogP contribution in [-0.4, -0.2) is 10.9 Å². The quantitative estimate of drug-likeness (QED) is 0.908. The van der Waals surface area contributed by atoms with Gasteiger partial charge in [0.1, 0.15) is 0 Å². The van der Waals surface area contributed by atoms with E-state index in [1.54, 1.807) is 11.3 Å². The molecule has 1 aromatic rings. The number of nitrogens with one attached hydrogen (secondary N) is 1. The number of carbonyl (C=O) groups is 1. The first-order valence-electron chi connectivity index (χ1n) is 7.18. The molecule has 0 unspecified atom stereocenters. The number of anilines is 1. The summed E-state index contributed by atoms with van der Waals surface area (Å²) < 4.78 is 0. The molecule has 0 aromatic carbocycles. The molecule has 0 radical (unpaired) electrons. The summed E-state index contributed by atoms with van der Waals surface area (Å²) in [7, 11) is 0. The van der Waals surface area contributed by atoms with Crippen LogP contribution in [0.15, 0.2) is 0 Å². The van der Waals surface area contributed by atoms with E-state index < -0.39 is 0 Å². The summed E-state index contributed by atoms with van der Waals surface area (Å²) in [5, 5.41) is 3.71. The minimum atomic E-state index is 0.0842. The van der Waals surface area contributed by atoms with Crippen LogP contribution in [0.2, 0.25) is 0 Å². The fourth-order valence-electron chi connectivity index (χ4n) is 2.58. The largest absolute Gasteiger partial charge is 0.302 e. The fourth-order valence-corrected chi connectivity index (χ4v) is 3.68. The van der Waals surface area contributed by atoms with Crippen molar-refractivity contribution in [2.75, 3.05) is 5.32 Å². The Hall–Kier alpha value is -0.900. The molecular formula is C15H24N2OS. The van der Waals surface area contributed by atoms with E-state index in [9.17, 15) is 4.79 Å². The summed E-state index contributed by atoms with van der Waals surface area (Å²) in [4.78, 5) is 17.6. The van der Waals surface area contributed by atoms with Crippen LogP contribution in [0.4, 0.5) is 5.13 Å². The summed E-state index contributed by atoms with van der Waals surface area (Å²) in [6.45, 7) is 8.95. The predicted molar refractivity (Wildman–Crippen MR) is 80.6 cm³/mol. The van der Waals surface area contributed by atoms with Crippen molar-refractivity contribution in [3.8, 4) is 0 Å². The molecule has 1 aliphatic carbocycles. The predicted octanol–water partition coefficient (Wildman–Crippen LogP) is 4.03. The van der Waals surface area contributed by atoms with Crippen molar-refractivity contribution < 1.29 is 4.79 Å². The van der Waals surface area contributed by atoms with Gasteiger partial charge >= 0.3 is 0 Å². The molecule has 1 heterocycles. The lowest BCUT2D eigenvalue weighted by atomic mass is 9.73. The van der Waals surface area contributed by atoms with Gasteiger partial charge in [-0.2, -0.15) is 0 Å². The summed E-state index contributed by atoms with van der Waals surface area (Å²) in [5.74, 6) is 0.806. The molecule has 1 aromatic heterocycles. The summed E-state index contributed by atoms with van der Waals surface area (Å²) in [6, 6.07) is 0. The van der Waals surface area contributed by atoms with Gasteiger partial charge in [-0.3, -0.25) is 4.79 Å². The Balaban J connectivity index is 2.06. The van der Waals surface area contributed by atoms with Crippen molar-refractivity contribution in [3.05, 3.63) is 10.6 Å². The van der Waals surface area contributed by atoms with E-state index in [4.69, 9.17) is 0 Å². The van der Waals surface area contributed by atoms with Gasteiger partial charge in [0.2, 0.25) is 5.91 Å². The van der Waals surface area contributed by atoms with Crippen LogP contribution in [0, 0.1) is 11.3 Å². The second-order valence-corrected chi connectivity index (χ2v) is 7.58. The monoisotopic (exact) mass is 280 g/mol. The number of amides is 1. The van der Waals surface area contributed by atoms with E-state index in [-0.39, 0.29) is 5.91 Å². The first-order chi connectivity index (χ1) is 8.90. The first kappa shape index (κ1) is 14.5. The van der Waals surface area contributed by atoms with Crippen molar-refractivity contribution >= 4 is 22.4 Å². The average Bonchev–Trinajstić information content (AvgIpc) is 2.68. The fraction of sp³-hybridized carbons (Fsp3) is 0.733. The number of hydrogen-bond donors (Lipinski definition) is 1. The van der Waals surface area contributed by atoms with Gasteiger partial charge in [-0.1, -0.05) is 27.7 Å². The maximum absolute atomic E-state index is 11.6. The van der Waals surface area contributed by atoms with Crippen molar-refractivity contribution in [3.63, 3.8) is 0 Å². The Labute approximate surface area is 119 Å². The topological polar surface area (TPSA) is 42.0 Å². The number of rotatable bonds is 3. The van der Waals surface area contributed by atoms with E-state index >= 15 is 0 Å². The zero-order valence-electron chi connectivity index (χ0n) is 12.4. The van der Waals surface area contributed by atoms with Crippen molar-refractivity contribution in [2.24, 2.45) is 11.3 Å². The molecule has 1 atom stereocenters. The van der Waals surface area contributed by atoms with Crippen LogP contribution >= 0.6 is 11.3 Å². The number of nitrogens with zero attached hydrogens (tertiary/aromatic N) is 1. The zero-order chi connectivity index (χ0) is 14.0. The number of hydrogen-bond acceptors (Lipinski definition) is 3. The van der Waals surface area contributed by atoms with E-state index in [1.807, 2.05) is 6.92 Å². The highest BCUT2D eigenvalue weighted by Gasteiger charge is 2.30. The highest BCUT2D eigenvalue weighted by atomic mass is 32.1. The first-order valence-corrected chi connectivity index (χ1v) is 8.00. The second-order valence-electron chi connectivity index (χ2n) is 6.49. The minimum Gasteiger partial charge on any atom is -0.302 e. The van der Waals surface area contributed by atoms with Gasteiger partial charge in [0.25, 0.3) is 0 Å². The highest BCUT2D eigenvalue weighted by Crippen LogP contribution is 2.40. The molecule has 3 nitrogen and oxygen atoms in total. The van der Waals surface area contributed by atoms with Gasteiger partial charge in [0.15, 0.2) is 5.13 Å². The standard InChI is InChI=1S/C15H24N2OS/c1-5-6-13(18)17-14-16-11-8-7-10(15(2,3)4)9-12(11)19-14/h10H,5-9H2,1-4H3,(H,16,17,18)/t10-/m0/s1. The molecule has 4 heteroatoms. The molecule has 1 N–H and O–H groups in total. The highest BCUT2D eigenvalue weighted by molar-refractivity contribution is 7.15. The van der Waals surface area contributed by atoms with Crippen molar-refractivity contribution in [1.82, 2.24) is 4.98 Å². The molecule has 0 aliphatic heterocycles. The lowest BCUT2D eigenvalue weighted by Gasteiger charge is -2.33. The third kappa shape index (κ3) is 3.56. The minimum absolute atomic E-state index is 0.0842. The number of thiazole rings is 1. The molecule has 2 rings (SSSR count). The Morgan fingerprint density at radius 3 is 2.84 bits per heavy atom. The summed E-state index contributed by atoms with van der Waals surface area (Å²) in [6.07, 6.45) is 4.83. The maximum Gasteiger partial charge on any atom is 0.226 e. The average molecular weight is 280 g/mol. The van der Waals surface area contributed by atoms with Gasteiger partial charge < -0.3 is 5.32 Å². The Bertz CT molecular complexity index is 459. The number of carbonyl (C=O) groups excluding carboxylic acids is 1. The molecule has 1 amide bonds. The summed E-state index contributed by atoms with van der Waals surface area (Å²) >= 11 is 1.67. The lowest BCUT2D eigenvalue weighted by Crippen LogP contribution is -2.26. The molecular weight excluding hydrogens is 256 g/mol. The van der Waals surface area contributed by atoms with Gasteiger partial charge in [-0.05, 0) is 37.0 Å². The summed E-state index contributed by atoms with van der Waals surface area (Å²) in [5.41, 5.74) is 1.56. The normalized spacial score (nSPS) is 19.1. The molecule has 19 heavy (non-hydrogen) atoms. The van der Waals surface area contributed by atoms with Gasteiger partial charge in [0.05, 0.1) is 5.69 Å².